The van der Waals surface area contributed by atoms with Crippen LogP contribution in [0.3, 0.4) is 0 Å². The Balaban J connectivity index is 1.59. The van der Waals surface area contributed by atoms with Gasteiger partial charge in [0, 0.05) is 51.5 Å². The second kappa shape index (κ2) is 4.88. The zero-order chi connectivity index (χ0) is 12.4. The lowest BCUT2D eigenvalue weighted by Crippen LogP contribution is -2.63. The lowest BCUT2D eigenvalue weighted by molar-refractivity contribution is 0.146. The van der Waals surface area contributed by atoms with E-state index in [-0.39, 0.29) is 0 Å². The Morgan fingerprint density at radius 3 is 2.83 bits per heavy atom. The molecule has 2 aliphatic rings. The topological polar surface area (TPSA) is 68.1 Å². The first-order chi connectivity index (χ1) is 8.86. The summed E-state index contributed by atoms with van der Waals surface area (Å²) in [6.07, 6.45) is 1.65. The van der Waals surface area contributed by atoms with Gasteiger partial charge in [-0.05, 0) is 6.07 Å². The third kappa shape index (κ3) is 2.15. The highest BCUT2D eigenvalue weighted by molar-refractivity contribution is 5.37. The number of anilines is 1. The first-order valence-corrected chi connectivity index (χ1v) is 6.29. The normalized spacial score (nSPS) is 21.4. The number of nitrogens with one attached hydrogen (secondary N) is 1. The van der Waals surface area contributed by atoms with Crippen molar-refractivity contribution in [1.29, 1.82) is 5.26 Å². The van der Waals surface area contributed by atoms with Crippen LogP contribution in [0.25, 0.3) is 0 Å². The predicted octanol–water partition coefficient (Wildman–Crippen LogP) is -0.558. The van der Waals surface area contributed by atoms with Crippen molar-refractivity contribution in [3.63, 3.8) is 0 Å². The maximum absolute atomic E-state index is 8.82. The Morgan fingerprint density at radius 2 is 2.11 bits per heavy atom. The molecule has 0 aromatic carbocycles. The monoisotopic (exact) mass is 244 g/mol. The fourth-order valence-electron chi connectivity index (χ4n) is 2.46. The van der Waals surface area contributed by atoms with Crippen LogP contribution in [0.1, 0.15) is 5.69 Å². The summed E-state index contributed by atoms with van der Waals surface area (Å²) in [5.41, 5.74) is 0.436. The molecule has 3 heterocycles. The van der Waals surface area contributed by atoms with Crippen molar-refractivity contribution < 1.29 is 0 Å². The lowest BCUT2D eigenvalue weighted by Gasteiger charge is -2.46. The van der Waals surface area contributed by atoms with Crippen molar-refractivity contribution in [1.82, 2.24) is 20.2 Å². The van der Waals surface area contributed by atoms with Gasteiger partial charge in [0.1, 0.15) is 11.8 Å². The van der Waals surface area contributed by atoms with E-state index in [4.69, 9.17) is 5.26 Å². The third-order valence-electron chi connectivity index (χ3n) is 3.57. The molecule has 6 nitrogen and oxygen atoms in total. The van der Waals surface area contributed by atoms with Gasteiger partial charge in [-0.3, -0.25) is 4.90 Å². The van der Waals surface area contributed by atoms with Gasteiger partial charge in [-0.2, -0.15) is 5.26 Å². The molecule has 94 valence electrons. The van der Waals surface area contributed by atoms with Crippen LogP contribution in [-0.2, 0) is 0 Å². The van der Waals surface area contributed by atoms with E-state index in [9.17, 15) is 0 Å². The molecule has 2 fully saturated rings. The zero-order valence-electron chi connectivity index (χ0n) is 10.2. The Morgan fingerprint density at radius 1 is 1.33 bits per heavy atom. The second-order valence-electron chi connectivity index (χ2n) is 4.70. The maximum Gasteiger partial charge on any atom is 0.226 e. The largest absolute Gasteiger partial charge is 0.338 e. The van der Waals surface area contributed by atoms with Gasteiger partial charge >= 0.3 is 0 Å². The maximum atomic E-state index is 8.82. The smallest absolute Gasteiger partial charge is 0.226 e. The Kier molecular flexibility index (Phi) is 3.09. The molecule has 0 bridgehead atoms. The minimum Gasteiger partial charge on any atom is -0.338 e. The lowest BCUT2D eigenvalue weighted by atomic mass is 10.1. The van der Waals surface area contributed by atoms with Gasteiger partial charge in [0.05, 0.1) is 0 Å². The molecular formula is C12H16N6. The van der Waals surface area contributed by atoms with E-state index in [1.165, 1.54) is 0 Å². The van der Waals surface area contributed by atoms with Crippen LogP contribution in [0.5, 0.6) is 0 Å². The molecular weight excluding hydrogens is 228 g/mol. The average Bonchev–Trinajstić information content (AvgIpc) is 2.39. The van der Waals surface area contributed by atoms with Gasteiger partial charge in [0.15, 0.2) is 0 Å². The van der Waals surface area contributed by atoms with Crippen molar-refractivity contribution in [3.05, 3.63) is 18.0 Å². The SMILES string of the molecule is N#Cc1ccnc(N2CC(N3CCNCC3)C2)n1. The van der Waals surface area contributed by atoms with Crippen LogP contribution >= 0.6 is 0 Å². The number of nitriles is 1. The Bertz CT molecular complexity index is 456. The highest BCUT2D eigenvalue weighted by Crippen LogP contribution is 2.20. The summed E-state index contributed by atoms with van der Waals surface area (Å²) in [4.78, 5) is 13.1. The van der Waals surface area contributed by atoms with Crippen molar-refractivity contribution >= 4 is 5.95 Å². The standard InChI is InChI=1S/C12H16N6/c13-7-10-1-2-15-12(16-10)18-8-11(9-18)17-5-3-14-4-6-17/h1-2,11,14H,3-6,8-9H2. The van der Waals surface area contributed by atoms with E-state index in [2.05, 4.69) is 25.1 Å². The summed E-state index contributed by atoms with van der Waals surface area (Å²) in [6.45, 7) is 6.34. The van der Waals surface area contributed by atoms with Gasteiger partial charge in [-0.15, -0.1) is 0 Å². The van der Waals surface area contributed by atoms with Crippen molar-refractivity contribution in [2.75, 3.05) is 44.2 Å². The number of rotatable bonds is 2. The zero-order valence-corrected chi connectivity index (χ0v) is 10.2. The van der Waals surface area contributed by atoms with E-state index in [0.717, 1.165) is 39.3 Å². The molecule has 0 atom stereocenters. The molecule has 2 aliphatic heterocycles. The molecule has 3 rings (SSSR count). The minimum absolute atomic E-state index is 0.436. The number of aromatic nitrogens is 2. The highest BCUT2D eigenvalue weighted by atomic mass is 15.4. The molecule has 1 aromatic rings. The van der Waals surface area contributed by atoms with E-state index in [1.54, 1.807) is 12.3 Å². The van der Waals surface area contributed by atoms with E-state index >= 15 is 0 Å². The van der Waals surface area contributed by atoms with Gasteiger partial charge < -0.3 is 10.2 Å². The van der Waals surface area contributed by atoms with Crippen LogP contribution in [-0.4, -0.2) is 60.2 Å². The highest BCUT2D eigenvalue weighted by Gasteiger charge is 2.33. The van der Waals surface area contributed by atoms with Gasteiger partial charge in [-0.1, -0.05) is 0 Å². The molecule has 0 spiro atoms. The first kappa shape index (κ1) is 11.4. The molecule has 1 N–H and O–H groups in total. The number of piperazine rings is 1. The van der Waals surface area contributed by atoms with Crippen LogP contribution < -0.4 is 10.2 Å². The first-order valence-electron chi connectivity index (χ1n) is 6.29. The summed E-state index contributed by atoms with van der Waals surface area (Å²) >= 11 is 0. The molecule has 0 radical (unpaired) electrons. The van der Waals surface area contributed by atoms with Crippen molar-refractivity contribution in [2.24, 2.45) is 0 Å². The second-order valence-corrected chi connectivity index (χ2v) is 4.70. The van der Waals surface area contributed by atoms with Crippen LogP contribution in [0.2, 0.25) is 0 Å². The number of hydrogen-bond acceptors (Lipinski definition) is 6. The van der Waals surface area contributed by atoms with E-state index in [1.807, 2.05) is 6.07 Å². The molecule has 18 heavy (non-hydrogen) atoms. The van der Waals surface area contributed by atoms with Gasteiger partial charge in [-0.25, -0.2) is 9.97 Å². The van der Waals surface area contributed by atoms with Crippen LogP contribution in [0, 0.1) is 11.3 Å². The minimum atomic E-state index is 0.436. The summed E-state index contributed by atoms with van der Waals surface area (Å²) < 4.78 is 0. The predicted molar refractivity (Wildman–Crippen MR) is 67.2 cm³/mol. The fraction of sp³-hybridized carbons (Fsp3) is 0.583. The van der Waals surface area contributed by atoms with Crippen LogP contribution in [0.4, 0.5) is 5.95 Å². The molecule has 2 saturated heterocycles. The van der Waals surface area contributed by atoms with Gasteiger partial charge in [0.25, 0.3) is 0 Å². The Labute approximate surface area is 106 Å². The molecule has 0 saturated carbocycles. The Hall–Kier alpha value is -1.71. The molecule has 0 aliphatic carbocycles. The van der Waals surface area contributed by atoms with Crippen molar-refractivity contribution in [3.8, 4) is 6.07 Å². The number of nitrogens with zero attached hydrogens (tertiary/aromatic N) is 5. The van der Waals surface area contributed by atoms with E-state index in [0.29, 0.717) is 17.7 Å². The molecule has 0 amide bonds. The summed E-state index contributed by atoms with van der Waals surface area (Å²) in [7, 11) is 0. The third-order valence-corrected chi connectivity index (χ3v) is 3.57. The van der Waals surface area contributed by atoms with Gasteiger partial charge in [0.2, 0.25) is 5.95 Å². The summed E-state index contributed by atoms with van der Waals surface area (Å²) in [5.74, 6) is 0.681. The summed E-state index contributed by atoms with van der Waals surface area (Å²) in [6, 6.07) is 4.30. The molecule has 1 aromatic heterocycles. The van der Waals surface area contributed by atoms with Crippen molar-refractivity contribution in [2.45, 2.75) is 6.04 Å². The molecule has 0 unspecified atom stereocenters. The quantitative estimate of drug-likeness (QED) is 0.752. The van der Waals surface area contributed by atoms with Crippen LogP contribution in [0.15, 0.2) is 12.3 Å². The molecule has 6 heteroatoms. The summed E-state index contributed by atoms with van der Waals surface area (Å²) in [5, 5.41) is 12.2. The average molecular weight is 244 g/mol. The fourth-order valence-corrected chi connectivity index (χ4v) is 2.46. The number of hydrogen-bond donors (Lipinski definition) is 1. The van der Waals surface area contributed by atoms with E-state index < -0.39 is 0 Å².